The first kappa shape index (κ1) is 20.9. The molecule has 6 rings (SSSR count). The Morgan fingerprint density at radius 2 is 1.91 bits per heavy atom. The van der Waals surface area contributed by atoms with Gasteiger partial charge in [-0.1, -0.05) is 12.8 Å². The summed E-state index contributed by atoms with van der Waals surface area (Å²) in [7, 11) is 4.35. The van der Waals surface area contributed by atoms with Crippen molar-refractivity contribution in [3.63, 3.8) is 0 Å². The van der Waals surface area contributed by atoms with Crippen LogP contribution in [0.1, 0.15) is 44.2 Å². The topological polar surface area (TPSA) is 74.1 Å². The molecule has 3 aromatic heterocycles. The number of fused-ring (bicyclic) bond motifs is 4. The van der Waals surface area contributed by atoms with Crippen molar-refractivity contribution in [1.29, 1.82) is 0 Å². The minimum absolute atomic E-state index is 0.168. The monoisotopic (exact) mass is 446 g/mol. The lowest BCUT2D eigenvalue weighted by Crippen LogP contribution is -2.46. The SMILES string of the molecule is CN(C)C1CCN(c2ccc(Nc3ncc4cc5n(c4n3)C3(CCCC3)CNC5)nc2)CC1. The van der Waals surface area contributed by atoms with E-state index >= 15 is 0 Å². The molecule has 3 aliphatic rings. The number of rotatable bonds is 4. The van der Waals surface area contributed by atoms with Crippen LogP contribution in [0.3, 0.4) is 0 Å². The molecule has 0 atom stereocenters. The van der Waals surface area contributed by atoms with Gasteiger partial charge in [-0.2, -0.15) is 4.98 Å². The Hall–Kier alpha value is -2.71. The molecular formula is C25H34N8. The van der Waals surface area contributed by atoms with Gasteiger partial charge >= 0.3 is 0 Å². The first-order valence-corrected chi connectivity index (χ1v) is 12.3. The zero-order chi connectivity index (χ0) is 22.4. The molecule has 0 unspecified atom stereocenters. The van der Waals surface area contributed by atoms with Crippen LogP contribution in [0.2, 0.25) is 0 Å². The number of nitrogens with zero attached hydrogens (tertiary/aromatic N) is 6. The van der Waals surface area contributed by atoms with E-state index in [1.54, 1.807) is 0 Å². The third-order valence-corrected chi connectivity index (χ3v) is 7.93. The normalized spacial score (nSPS) is 20.6. The summed E-state index contributed by atoms with van der Waals surface area (Å²) in [6, 6.07) is 7.12. The fourth-order valence-electron chi connectivity index (χ4n) is 6.10. The van der Waals surface area contributed by atoms with E-state index in [0.29, 0.717) is 12.0 Å². The minimum Gasteiger partial charge on any atom is -0.370 e. The van der Waals surface area contributed by atoms with E-state index in [0.717, 1.165) is 43.0 Å². The number of hydrogen-bond acceptors (Lipinski definition) is 7. The molecule has 1 saturated heterocycles. The molecule has 8 nitrogen and oxygen atoms in total. The second-order valence-electron chi connectivity index (χ2n) is 10.2. The Balaban J connectivity index is 1.21. The van der Waals surface area contributed by atoms with Gasteiger partial charge < -0.3 is 25.0 Å². The zero-order valence-corrected chi connectivity index (χ0v) is 19.7. The highest BCUT2D eigenvalue weighted by atomic mass is 15.2. The van der Waals surface area contributed by atoms with Crippen molar-refractivity contribution >= 4 is 28.5 Å². The van der Waals surface area contributed by atoms with Crippen LogP contribution >= 0.6 is 0 Å². The van der Waals surface area contributed by atoms with Gasteiger partial charge in [-0.3, -0.25) is 0 Å². The van der Waals surface area contributed by atoms with Gasteiger partial charge in [0.2, 0.25) is 5.95 Å². The highest BCUT2D eigenvalue weighted by molar-refractivity contribution is 5.78. The molecule has 1 aliphatic carbocycles. The fourth-order valence-corrected chi connectivity index (χ4v) is 6.10. The second-order valence-corrected chi connectivity index (χ2v) is 10.2. The Morgan fingerprint density at radius 1 is 1.09 bits per heavy atom. The van der Waals surface area contributed by atoms with Gasteiger partial charge in [0.05, 0.1) is 17.4 Å². The maximum Gasteiger partial charge on any atom is 0.230 e. The molecule has 0 aromatic carbocycles. The third kappa shape index (κ3) is 3.75. The molecule has 33 heavy (non-hydrogen) atoms. The van der Waals surface area contributed by atoms with E-state index in [-0.39, 0.29) is 5.54 Å². The number of anilines is 3. The van der Waals surface area contributed by atoms with E-state index in [1.807, 2.05) is 18.5 Å². The van der Waals surface area contributed by atoms with E-state index in [4.69, 9.17) is 4.98 Å². The number of pyridine rings is 1. The smallest absolute Gasteiger partial charge is 0.230 e. The van der Waals surface area contributed by atoms with Crippen LogP contribution in [0.25, 0.3) is 11.0 Å². The first-order chi connectivity index (χ1) is 16.1. The van der Waals surface area contributed by atoms with E-state index < -0.39 is 0 Å². The van der Waals surface area contributed by atoms with Crippen molar-refractivity contribution in [3.8, 4) is 0 Å². The van der Waals surface area contributed by atoms with Crippen molar-refractivity contribution < 1.29 is 0 Å². The Morgan fingerprint density at radius 3 is 2.64 bits per heavy atom. The predicted octanol–water partition coefficient (Wildman–Crippen LogP) is 3.47. The molecule has 0 amide bonds. The minimum atomic E-state index is 0.168. The molecule has 174 valence electrons. The lowest BCUT2D eigenvalue weighted by Gasteiger charge is -2.37. The van der Waals surface area contributed by atoms with Crippen LogP contribution in [-0.4, -0.2) is 64.2 Å². The average Bonchev–Trinajstić information content (AvgIpc) is 3.45. The number of piperidine rings is 1. The fraction of sp³-hybridized carbons (Fsp3) is 0.560. The largest absolute Gasteiger partial charge is 0.370 e. The average molecular weight is 447 g/mol. The molecule has 1 spiro atoms. The quantitative estimate of drug-likeness (QED) is 0.636. The van der Waals surface area contributed by atoms with Gasteiger partial charge in [0.15, 0.2) is 0 Å². The van der Waals surface area contributed by atoms with Crippen molar-refractivity contribution in [2.24, 2.45) is 0 Å². The van der Waals surface area contributed by atoms with E-state index in [9.17, 15) is 0 Å². The van der Waals surface area contributed by atoms with Gasteiger partial charge in [0.25, 0.3) is 0 Å². The van der Waals surface area contributed by atoms with Crippen molar-refractivity contribution in [1.82, 2.24) is 29.7 Å². The lowest BCUT2D eigenvalue weighted by atomic mass is 9.95. The lowest BCUT2D eigenvalue weighted by molar-refractivity contribution is 0.249. The van der Waals surface area contributed by atoms with Crippen molar-refractivity contribution in [2.45, 2.75) is 56.7 Å². The van der Waals surface area contributed by atoms with Gasteiger partial charge in [-0.05, 0) is 58.0 Å². The predicted molar refractivity (Wildman–Crippen MR) is 132 cm³/mol. The summed E-state index contributed by atoms with van der Waals surface area (Å²) in [6.45, 7) is 4.08. The van der Waals surface area contributed by atoms with Crippen LogP contribution in [0.4, 0.5) is 17.5 Å². The van der Waals surface area contributed by atoms with Gasteiger partial charge in [-0.25, -0.2) is 9.97 Å². The molecule has 3 aromatic rings. The maximum absolute atomic E-state index is 4.96. The second kappa shape index (κ2) is 8.25. The molecule has 8 heteroatoms. The molecule has 5 heterocycles. The Kier molecular flexibility index (Phi) is 5.22. The van der Waals surface area contributed by atoms with Crippen LogP contribution in [0.5, 0.6) is 0 Å². The number of aromatic nitrogens is 4. The molecule has 2 N–H and O–H groups in total. The summed E-state index contributed by atoms with van der Waals surface area (Å²) < 4.78 is 2.51. The highest BCUT2D eigenvalue weighted by Crippen LogP contribution is 2.41. The summed E-state index contributed by atoms with van der Waals surface area (Å²) >= 11 is 0. The van der Waals surface area contributed by atoms with Crippen LogP contribution in [0.15, 0.2) is 30.6 Å². The Labute approximate surface area is 195 Å². The van der Waals surface area contributed by atoms with Crippen LogP contribution in [0, 0.1) is 0 Å². The summed E-state index contributed by atoms with van der Waals surface area (Å²) in [5.41, 5.74) is 3.72. The van der Waals surface area contributed by atoms with E-state index in [2.05, 4.69) is 61.2 Å². The number of hydrogen-bond donors (Lipinski definition) is 2. The van der Waals surface area contributed by atoms with Crippen LogP contribution in [-0.2, 0) is 12.1 Å². The molecule has 2 fully saturated rings. The van der Waals surface area contributed by atoms with Gasteiger partial charge in [0.1, 0.15) is 11.5 Å². The molecule has 0 bridgehead atoms. The molecule has 1 saturated carbocycles. The summed E-state index contributed by atoms with van der Waals surface area (Å²) in [6.07, 6.45) is 11.3. The summed E-state index contributed by atoms with van der Waals surface area (Å²) in [4.78, 5) is 19.0. The molecule has 2 aliphatic heterocycles. The standard InChI is InChI=1S/C25H34N8/c1-31(2)19-7-11-32(12-8-19)20-5-6-22(27-16-20)29-24-28-14-18-13-21-15-26-17-25(9-3-4-10-25)33(21)23(18)30-24/h5-6,13-14,16,19,26H,3-4,7-12,15,17H2,1-2H3,(H,27,28,29,30). The highest BCUT2D eigenvalue weighted by Gasteiger charge is 2.40. The van der Waals surface area contributed by atoms with E-state index in [1.165, 1.54) is 49.9 Å². The van der Waals surface area contributed by atoms with Gasteiger partial charge in [0, 0.05) is 49.5 Å². The molecular weight excluding hydrogens is 412 g/mol. The molecule has 0 radical (unpaired) electrons. The van der Waals surface area contributed by atoms with Gasteiger partial charge in [-0.15, -0.1) is 0 Å². The maximum atomic E-state index is 4.96. The van der Waals surface area contributed by atoms with Crippen molar-refractivity contribution in [3.05, 3.63) is 36.3 Å². The van der Waals surface area contributed by atoms with Crippen LogP contribution < -0.4 is 15.5 Å². The summed E-state index contributed by atoms with van der Waals surface area (Å²) in [5, 5.41) is 8.08. The Bertz CT molecular complexity index is 1120. The summed E-state index contributed by atoms with van der Waals surface area (Å²) in [5.74, 6) is 1.39. The zero-order valence-electron chi connectivity index (χ0n) is 19.7. The number of nitrogens with one attached hydrogen (secondary N) is 2. The van der Waals surface area contributed by atoms with Crippen molar-refractivity contribution in [2.75, 3.05) is 43.9 Å². The first-order valence-electron chi connectivity index (χ1n) is 12.3. The third-order valence-electron chi connectivity index (χ3n) is 7.93.